The number of hydrogen-bond donors (Lipinski definition) is 1. The number of halogens is 2. The second kappa shape index (κ2) is 6.84. The van der Waals surface area contributed by atoms with Crippen LogP contribution in [0.4, 0.5) is 8.78 Å². The Morgan fingerprint density at radius 3 is 2.19 bits per heavy atom. The Balaban J connectivity index is 2.39. The van der Waals surface area contributed by atoms with E-state index in [0.29, 0.717) is 5.56 Å². The van der Waals surface area contributed by atoms with Gasteiger partial charge >= 0.3 is 0 Å². The van der Waals surface area contributed by atoms with Crippen molar-refractivity contribution in [2.24, 2.45) is 0 Å². The lowest BCUT2D eigenvalue weighted by atomic mass is 9.83. The predicted octanol–water partition coefficient (Wildman–Crippen LogP) is 3.88. The molecule has 1 aliphatic heterocycles. The minimum atomic E-state index is -0.507. The molecule has 2 atom stereocenters. The molecule has 2 unspecified atom stereocenters. The van der Waals surface area contributed by atoms with Gasteiger partial charge < -0.3 is 5.32 Å². The molecular formula is C17H26F2N2. The Kier molecular flexibility index (Phi) is 5.33. The van der Waals surface area contributed by atoms with Gasteiger partial charge in [0.05, 0.1) is 6.04 Å². The topological polar surface area (TPSA) is 15.3 Å². The summed E-state index contributed by atoms with van der Waals surface area (Å²) in [6.07, 6.45) is 3.33. The highest BCUT2D eigenvalue weighted by Crippen LogP contribution is 2.37. The van der Waals surface area contributed by atoms with Crippen molar-refractivity contribution in [3.05, 3.63) is 35.4 Å². The van der Waals surface area contributed by atoms with E-state index >= 15 is 0 Å². The molecular weight excluding hydrogens is 270 g/mol. The van der Waals surface area contributed by atoms with E-state index in [2.05, 4.69) is 24.1 Å². The first-order valence-corrected chi connectivity index (χ1v) is 7.95. The van der Waals surface area contributed by atoms with Gasteiger partial charge in [-0.1, -0.05) is 13.8 Å². The van der Waals surface area contributed by atoms with Gasteiger partial charge in [0.2, 0.25) is 0 Å². The number of nitrogens with one attached hydrogen (secondary N) is 1. The monoisotopic (exact) mass is 296 g/mol. The molecule has 0 aromatic heterocycles. The van der Waals surface area contributed by atoms with E-state index in [4.69, 9.17) is 0 Å². The van der Waals surface area contributed by atoms with Crippen molar-refractivity contribution >= 4 is 0 Å². The molecule has 1 aromatic rings. The minimum Gasteiger partial charge on any atom is -0.309 e. The van der Waals surface area contributed by atoms with Crippen LogP contribution >= 0.6 is 0 Å². The van der Waals surface area contributed by atoms with Gasteiger partial charge in [0.15, 0.2) is 0 Å². The van der Waals surface area contributed by atoms with Gasteiger partial charge in [-0.2, -0.15) is 0 Å². The average molecular weight is 296 g/mol. The normalized spacial score (nSPS) is 20.4. The van der Waals surface area contributed by atoms with Crippen LogP contribution in [0.1, 0.15) is 51.6 Å². The third-order valence-corrected chi connectivity index (χ3v) is 4.79. The zero-order chi connectivity index (χ0) is 15.5. The molecule has 0 aliphatic carbocycles. The van der Waals surface area contributed by atoms with Crippen LogP contribution < -0.4 is 5.32 Å². The van der Waals surface area contributed by atoms with E-state index < -0.39 is 11.6 Å². The Morgan fingerprint density at radius 2 is 1.71 bits per heavy atom. The van der Waals surface area contributed by atoms with Gasteiger partial charge in [-0.05, 0) is 63.5 Å². The van der Waals surface area contributed by atoms with Gasteiger partial charge in [0, 0.05) is 11.6 Å². The first-order valence-electron chi connectivity index (χ1n) is 7.95. The van der Waals surface area contributed by atoms with Crippen molar-refractivity contribution in [3.8, 4) is 0 Å². The van der Waals surface area contributed by atoms with Crippen LogP contribution in [0.15, 0.2) is 18.2 Å². The zero-order valence-corrected chi connectivity index (χ0v) is 13.3. The second-order valence-electron chi connectivity index (χ2n) is 6.10. The molecule has 1 aromatic carbocycles. The molecule has 1 fully saturated rings. The summed E-state index contributed by atoms with van der Waals surface area (Å²) in [6, 6.07) is 3.78. The summed E-state index contributed by atoms with van der Waals surface area (Å²) in [6.45, 7) is 9.27. The molecule has 0 amide bonds. The Hall–Kier alpha value is -1.00. The Labute approximate surface area is 126 Å². The number of benzene rings is 1. The summed E-state index contributed by atoms with van der Waals surface area (Å²) in [5, 5.41) is 3.45. The Morgan fingerprint density at radius 1 is 1.14 bits per heavy atom. The van der Waals surface area contributed by atoms with Gasteiger partial charge in [-0.15, -0.1) is 0 Å². The van der Waals surface area contributed by atoms with E-state index in [0.717, 1.165) is 32.1 Å². The Bertz CT molecular complexity index is 452. The highest BCUT2D eigenvalue weighted by Gasteiger charge is 2.40. The van der Waals surface area contributed by atoms with Crippen molar-refractivity contribution < 1.29 is 8.78 Å². The first-order chi connectivity index (χ1) is 10.0. The fraction of sp³-hybridized carbons (Fsp3) is 0.647. The number of hydrogen-bond acceptors (Lipinski definition) is 2. The lowest BCUT2D eigenvalue weighted by molar-refractivity contribution is 0.0844. The molecule has 1 N–H and O–H groups in total. The van der Waals surface area contributed by atoms with Crippen LogP contribution in [0, 0.1) is 11.6 Å². The molecule has 4 heteroatoms. The maximum absolute atomic E-state index is 13.6. The van der Waals surface area contributed by atoms with E-state index in [9.17, 15) is 8.78 Å². The highest BCUT2D eigenvalue weighted by atomic mass is 19.1. The summed E-state index contributed by atoms with van der Waals surface area (Å²) in [5.74, 6) is -1.01. The number of likely N-dealkylation sites (N-methyl/N-ethyl adjacent to an activating group) is 1. The van der Waals surface area contributed by atoms with E-state index in [1.807, 2.05) is 6.92 Å². The smallest absolute Gasteiger partial charge is 0.126 e. The SMILES string of the molecule is CCNC(c1cc(F)cc(F)c1)C(C)(CC)N1CCCC1. The van der Waals surface area contributed by atoms with Crippen molar-refractivity contribution in [1.29, 1.82) is 0 Å². The third kappa shape index (κ3) is 3.43. The predicted molar refractivity (Wildman–Crippen MR) is 82.3 cm³/mol. The number of rotatable bonds is 6. The van der Waals surface area contributed by atoms with Crippen molar-refractivity contribution in [1.82, 2.24) is 10.2 Å². The van der Waals surface area contributed by atoms with Crippen molar-refractivity contribution in [2.45, 2.75) is 51.6 Å². The molecule has 2 rings (SSSR count). The van der Waals surface area contributed by atoms with E-state index in [1.165, 1.54) is 25.0 Å². The molecule has 0 radical (unpaired) electrons. The summed E-state index contributed by atoms with van der Waals surface area (Å²) >= 11 is 0. The third-order valence-electron chi connectivity index (χ3n) is 4.79. The van der Waals surface area contributed by atoms with Crippen LogP contribution in [0.25, 0.3) is 0 Å². The summed E-state index contributed by atoms with van der Waals surface area (Å²) in [7, 11) is 0. The molecule has 118 valence electrons. The largest absolute Gasteiger partial charge is 0.309 e. The zero-order valence-electron chi connectivity index (χ0n) is 13.3. The molecule has 21 heavy (non-hydrogen) atoms. The maximum atomic E-state index is 13.6. The van der Waals surface area contributed by atoms with E-state index in [-0.39, 0.29) is 11.6 Å². The van der Waals surface area contributed by atoms with Crippen molar-refractivity contribution in [3.63, 3.8) is 0 Å². The highest BCUT2D eigenvalue weighted by molar-refractivity contribution is 5.25. The number of nitrogens with zero attached hydrogens (tertiary/aromatic N) is 1. The molecule has 1 heterocycles. The first kappa shape index (κ1) is 16.4. The van der Waals surface area contributed by atoms with Crippen LogP contribution in [0.2, 0.25) is 0 Å². The van der Waals surface area contributed by atoms with E-state index in [1.54, 1.807) is 0 Å². The summed E-state index contributed by atoms with van der Waals surface area (Å²) in [4.78, 5) is 2.46. The summed E-state index contributed by atoms with van der Waals surface area (Å²) in [5.41, 5.74) is 0.567. The van der Waals surface area contributed by atoms with Gasteiger partial charge in [0.25, 0.3) is 0 Å². The van der Waals surface area contributed by atoms with Crippen LogP contribution in [-0.4, -0.2) is 30.1 Å². The molecule has 0 bridgehead atoms. The van der Waals surface area contributed by atoms with Crippen LogP contribution in [0.3, 0.4) is 0 Å². The summed E-state index contributed by atoms with van der Waals surface area (Å²) < 4.78 is 27.2. The lowest BCUT2D eigenvalue weighted by Crippen LogP contribution is -2.53. The van der Waals surface area contributed by atoms with Gasteiger partial charge in [-0.25, -0.2) is 8.78 Å². The van der Waals surface area contributed by atoms with Crippen LogP contribution in [0.5, 0.6) is 0 Å². The lowest BCUT2D eigenvalue weighted by Gasteiger charge is -2.45. The maximum Gasteiger partial charge on any atom is 0.126 e. The molecule has 2 nitrogen and oxygen atoms in total. The fourth-order valence-electron chi connectivity index (χ4n) is 3.48. The molecule has 0 saturated carbocycles. The average Bonchev–Trinajstić information content (AvgIpc) is 2.97. The molecule has 1 saturated heterocycles. The van der Waals surface area contributed by atoms with Gasteiger partial charge in [0.1, 0.15) is 11.6 Å². The fourth-order valence-corrected chi connectivity index (χ4v) is 3.48. The quantitative estimate of drug-likeness (QED) is 0.857. The number of likely N-dealkylation sites (tertiary alicyclic amines) is 1. The standard InChI is InChI=1S/C17H26F2N2/c1-4-17(3,21-8-6-7-9-21)16(20-5-2)13-10-14(18)12-15(19)11-13/h10-12,16,20H,4-9H2,1-3H3. The molecule has 1 aliphatic rings. The van der Waals surface area contributed by atoms with Gasteiger partial charge in [-0.3, -0.25) is 4.90 Å². The minimum absolute atomic E-state index is 0.0733. The van der Waals surface area contributed by atoms with Crippen molar-refractivity contribution in [2.75, 3.05) is 19.6 Å². The van der Waals surface area contributed by atoms with Crippen LogP contribution in [-0.2, 0) is 0 Å². The molecule has 0 spiro atoms. The second-order valence-corrected chi connectivity index (χ2v) is 6.10.